The first-order valence-electron chi connectivity index (χ1n) is 7.12. The van der Waals surface area contributed by atoms with E-state index in [-0.39, 0.29) is 0 Å². The monoisotopic (exact) mass is 276 g/mol. The summed E-state index contributed by atoms with van der Waals surface area (Å²) in [4.78, 5) is 1.16. The maximum atomic E-state index is 5.92. The maximum absolute atomic E-state index is 5.92. The molecule has 0 unspecified atom stereocenters. The first-order valence-corrected chi connectivity index (χ1v) is 8.00. The van der Waals surface area contributed by atoms with Gasteiger partial charge in [-0.15, -0.1) is 11.3 Å². The van der Waals surface area contributed by atoms with Gasteiger partial charge in [0.05, 0.1) is 11.3 Å². The van der Waals surface area contributed by atoms with Gasteiger partial charge in [0.1, 0.15) is 0 Å². The molecular weight excluding hydrogens is 256 g/mol. The van der Waals surface area contributed by atoms with Crippen molar-refractivity contribution in [2.75, 3.05) is 5.73 Å². The first-order chi connectivity index (χ1) is 9.34. The molecule has 0 aliphatic heterocycles. The Hall–Kier alpha value is -1.29. The van der Waals surface area contributed by atoms with Crippen LogP contribution in [0.15, 0.2) is 22.0 Å². The Morgan fingerprint density at radius 1 is 1.32 bits per heavy atom. The molecule has 2 aromatic heterocycles. The average molecular weight is 276 g/mol. The van der Waals surface area contributed by atoms with E-state index in [1.54, 1.807) is 11.3 Å². The maximum Gasteiger partial charge on any atom is 0.231 e. The molecule has 2 heterocycles. The predicted octanol–water partition coefficient (Wildman–Crippen LogP) is 4.50. The van der Waals surface area contributed by atoms with E-state index in [1.165, 1.54) is 38.5 Å². The SMILES string of the molecule is Nc1onc(CCC2CCCCC2)c1-c1cccs1. The summed E-state index contributed by atoms with van der Waals surface area (Å²) in [6.07, 6.45) is 9.15. The van der Waals surface area contributed by atoms with Crippen molar-refractivity contribution < 1.29 is 4.52 Å². The van der Waals surface area contributed by atoms with Crippen molar-refractivity contribution in [2.45, 2.75) is 44.9 Å². The number of hydrogen-bond acceptors (Lipinski definition) is 4. The van der Waals surface area contributed by atoms with Crippen molar-refractivity contribution in [1.82, 2.24) is 5.16 Å². The lowest BCUT2D eigenvalue weighted by atomic mass is 9.85. The molecule has 102 valence electrons. The molecule has 19 heavy (non-hydrogen) atoms. The number of hydrogen-bond donors (Lipinski definition) is 1. The molecule has 1 saturated carbocycles. The van der Waals surface area contributed by atoms with Gasteiger partial charge >= 0.3 is 0 Å². The van der Waals surface area contributed by atoms with E-state index in [0.717, 1.165) is 28.5 Å². The molecule has 0 atom stereocenters. The molecule has 3 rings (SSSR count). The number of aromatic nitrogens is 1. The number of thiophene rings is 1. The van der Waals surface area contributed by atoms with Crippen molar-refractivity contribution in [3.05, 3.63) is 23.2 Å². The number of nitrogen functional groups attached to an aromatic ring is 1. The van der Waals surface area contributed by atoms with Crippen LogP contribution in [0.5, 0.6) is 0 Å². The fourth-order valence-corrected chi connectivity index (χ4v) is 3.81. The molecule has 2 N–H and O–H groups in total. The van der Waals surface area contributed by atoms with Gasteiger partial charge in [-0.3, -0.25) is 0 Å². The lowest BCUT2D eigenvalue weighted by Gasteiger charge is -2.20. The number of anilines is 1. The van der Waals surface area contributed by atoms with Crippen molar-refractivity contribution in [3.63, 3.8) is 0 Å². The zero-order chi connectivity index (χ0) is 13.1. The lowest BCUT2D eigenvalue weighted by Crippen LogP contribution is -2.07. The zero-order valence-corrected chi connectivity index (χ0v) is 11.9. The number of nitrogens with two attached hydrogens (primary N) is 1. The molecule has 0 aromatic carbocycles. The molecular formula is C15H20N2OS. The standard InChI is InChI=1S/C15H20N2OS/c16-15-14(13-7-4-10-19-13)12(17-18-15)9-8-11-5-2-1-3-6-11/h4,7,10-11H,1-3,5-6,8-9,16H2. The third-order valence-corrected chi connectivity index (χ3v) is 4.96. The molecule has 0 bridgehead atoms. The summed E-state index contributed by atoms with van der Waals surface area (Å²) in [7, 11) is 0. The first kappa shape index (κ1) is 12.7. The van der Waals surface area contributed by atoms with Gasteiger partial charge in [-0.05, 0) is 30.2 Å². The molecule has 0 radical (unpaired) electrons. The van der Waals surface area contributed by atoms with Crippen LogP contribution >= 0.6 is 11.3 Å². The highest BCUT2D eigenvalue weighted by atomic mass is 32.1. The minimum absolute atomic E-state index is 0.459. The Balaban J connectivity index is 1.71. The highest BCUT2D eigenvalue weighted by Gasteiger charge is 2.19. The van der Waals surface area contributed by atoms with Crippen LogP contribution in [0.4, 0.5) is 5.88 Å². The largest absolute Gasteiger partial charge is 0.367 e. The van der Waals surface area contributed by atoms with E-state index in [4.69, 9.17) is 10.3 Å². The summed E-state index contributed by atoms with van der Waals surface area (Å²) in [5.74, 6) is 1.32. The van der Waals surface area contributed by atoms with Gasteiger partial charge in [0, 0.05) is 4.88 Å². The second-order valence-corrected chi connectivity index (χ2v) is 6.34. The third-order valence-electron chi connectivity index (χ3n) is 4.07. The van der Waals surface area contributed by atoms with E-state index >= 15 is 0 Å². The summed E-state index contributed by atoms with van der Waals surface area (Å²) in [5, 5.41) is 6.22. The van der Waals surface area contributed by atoms with E-state index in [2.05, 4.69) is 16.6 Å². The normalized spacial score (nSPS) is 16.8. The van der Waals surface area contributed by atoms with E-state index in [9.17, 15) is 0 Å². The van der Waals surface area contributed by atoms with E-state index < -0.39 is 0 Å². The van der Waals surface area contributed by atoms with E-state index in [1.807, 2.05) is 6.07 Å². The van der Waals surface area contributed by atoms with Crippen LogP contribution in [0.2, 0.25) is 0 Å². The molecule has 4 heteroatoms. The highest BCUT2D eigenvalue weighted by Crippen LogP contribution is 2.35. The fraction of sp³-hybridized carbons (Fsp3) is 0.533. The van der Waals surface area contributed by atoms with Crippen LogP contribution in [-0.2, 0) is 6.42 Å². The van der Waals surface area contributed by atoms with Crippen molar-refractivity contribution in [3.8, 4) is 10.4 Å². The van der Waals surface area contributed by atoms with Gasteiger partial charge in [0.25, 0.3) is 0 Å². The molecule has 1 aliphatic rings. The Kier molecular flexibility index (Phi) is 3.87. The number of aryl methyl sites for hydroxylation is 1. The van der Waals surface area contributed by atoms with Crippen molar-refractivity contribution in [1.29, 1.82) is 0 Å². The van der Waals surface area contributed by atoms with Gasteiger partial charge in [-0.1, -0.05) is 43.3 Å². The zero-order valence-electron chi connectivity index (χ0n) is 11.1. The summed E-state index contributed by atoms with van der Waals surface area (Å²) in [6, 6.07) is 4.12. The van der Waals surface area contributed by atoms with E-state index in [0.29, 0.717) is 5.88 Å². The molecule has 0 saturated heterocycles. The number of nitrogens with zero attached hydrogens (tertiary/aromatic N) is 1. The highest BCUT2D eigenvalue weighted by molar-refractivity contribution is 7.13. The average Bonchev–Trinajstić information content (AvgIpc) is 3.07. The molecule has 0 spiro atoms. The molecule has 1 aliphatic carbocycles. The smallest absolute Gasteiger partial charge is 0.231 e. The Labute approximate surface area is 117 Å². The lowest BCUT2D eigenvalue weighted by molar-refractivity contribution is 0.335. The summed E-state index contributed by atoms with van der Waals surface area (Å²) < 4.78 is 5.19. The summed E-state index contributed by atoms with van der Waals surface area (Å²) >= 11 is 1.69. The second-order valence-electron chi connectivity index (χ2n) is 5.39. The fourth-order valence-electron chi connectivity index (χ4n) is 3.01. The van der Waals surface area contributed by atoms with Crippen LogP contribution in [0.25, 0.3) is 10.4 Å². The van der Waals surface area contributed by atoms with Crippen molar-refractivity contribution >= 4 is 17.2 Å². The minimum Gasteiger partial charge on any atom is -0.367 e. The molecule has 2 aromatic rings. The van der Waals surface area contributed by atoms with Gasteiger partial charge in [-0.2, -0.15) is 0 Å². The van der Waals surface area contributed by atoms with Crippen LogP contribution in [0.1, 0.15) is 44.2 Å². The minimum atomic E-state index is 0.459. The molecule has 0 amide bonds. The topological polar surface area (TPSA) is 52.0 Å². The van der Waals surface area contributed by atoms with Crippen LogP contribution in [-0.4, -0.2) is 5.16 Å². The second kappa shape index (κ2) is 5.78. The molecule has 3 nitrogen and oxygen atoms in total. The third kappa shape index (κ3) is 2.84. The van der Waals surface area contributed by atoms with Crippen LogP contribution < -0.4 is 5.73 Å². The Morgan fingerprint density at radius 2 is 2.16 bits per heavy atom. The van der Waals surface area contributed by atoms with Gasteiger partial charge in [0.15, 0.2) is 0 Å². The predicted molar refractivity (Wildman–Crippen MR) is 79.1 cm³/mol. The summed E-state index contributed by atoms with van der Waals surface area (Å²) in [5.41, 5.74) is 7.97. The van der Waals surface area contributed by atoms with Gasteiger partial charge in [-0.25, -0.2) is 0 Å². The quantitative estimate of drug-likeness (QED) is 0.894. The Morgan fingerprint density at radius 3 is 2.89 bits per heavy atom. The van der Waals surface area contributed by atoms with Gasteiger partial charge < -0.3 is 10.3 Å². The van der Waals surface area contributed by atoms with Crippen molar-refractivity contribution in [2.24, 2.45) is 5.92 Å². The van der Waals surface area contributed by atoms with Crippen LogP contribution in [0.3, 0.4) is 0 Å². The summed E-state index contributed by atoms with van der Waals surface area (Å²) in [6.45, 7) is 0. The van der Waals surface area contributed by atoms with Gasteiger partial charge in [0.2, 0.25) is 5.88 Å². The van der Waals surface area contributed by atoms with Crippen LogP contribution in [0, 0.1) is 5.92 Å². The Bertz CT molecular complexity index is 512. The molecule has 1 fully saturated rings. The number of rotatable bonds is 4.